The van der Waals surface area contributed by atoms with Gasteiger partial charge in [-0.05, 0) is 5.75 Å². The molecule has 0 aromatic carbocycles. The molecule has 1 atom stereocenters. The molecular weight excluding hydrogens is 164 g/mol. The molecule has 1 fully saturated rings. The first-order chi connectivity index (χ1) is 4.93. The van der Waals surface area contributed by atoms with Gasteiger partial charge in [-0.25, -0.2) is 0 Å². The zero-order valence-corrected chi connectivity index (χ0v) is 7.97. The summed E-state index contributed by atoms with van der Waals surface area (Å²) in [5.41, 5.74) is 0. The van der Waals surface area contributed by atoms with Gasteiger partial charge in [0.05, 0.1) is 13.2 Å². The molecule has 1 aliphatic heterocycles. The van der Waals surface area contributed by atoms with Gasteiger partial charge >= 0.3 is 0 Å². The number of hydrogen-bond acceptors (Lipinski definition) is 3. The van der Waals surface area contributed by atoms with E-state index >= 15 is 0 Å². The minimum Gasteiger partial charge on any atom is -0.379 e. The summed E-state index contributed by atoms with van der Waals surface area (Å²) >= 11 is 3.95. The zero-order valence-electron chi connectivity index (χ0n) is 6.34. The van der Waals surface area contributed by atoms with Crippen LogP contribution in [0.4, 0.5) is 0 Å². The maximum atomic E-state index is 5.42. The van der Waals surface area contributed by atoms with Crippen LogP contribution >= 0.6 is 23.5 Å². The number of ether oxygens (including phenoxy) is 1. The van der Waals surface area contributed by atoms with Crippen molar-refractivity contribution in [2.45, 2.75) is 12.2 Å². The van der Waals surface area contributed by atoms with Gasteiger partial charge < -0.3 is 4.74 Å². The van der Waals surface area contributed by atoms with E-state index in [9.17, 15) is 0 Å². The highest BCUT2D eigenvalue weighted by Crippen LogP contribution is 2.29. The normalized spacial score (nSPS) is 23.1. The Morgan fingerprint density at radius 3 is 3.10 bits per heavy atom. The SMILES string of the molecule is CCSCCOCC1CS1. The van der Waals surface area contributed by atoms with Gasteiger partial charge in [0.25, 0.3) is 0 Å². The molecule has 10 heavy (non-hydrogen) atoms. The molecule has 60 valence electrons. The quantitative estimate of drug-likeness (QED) is 0.454. The molecule has 0 saturated carbocycles. The average Bonchev–Trinajstić information content (AvgIpc) is 2.71. The minimum absolute atomic E-state index is 0.839. The third kappa shape index (κ3) is 4.47. The van der Waals surface area contributed by atoms with Crippen LogP contribution in [0.25, 0.3) is 0 Å². The van der Waals surface area contributed by atoms with Crippen LogP contribution in [0.5, 0.6) is 0 Å². The van der Waals surface area contributed by atoms with E-state index in [1.54, 1.807) is 0 Å². The first kappa shape index (κ1) is 8.75. The summed E-state index contributed by atoms with van der Waals surface area (Å²) in [6, 6.07) is 0. The lowest BCUT2D eigenvalue weighted by Crippen LogP contribution is -2.03. The minimum atomic E-state index is 0.839. The van der Waals surface area contributed by atoms with Crippen molar-refractivity contribution in [1.82, 2.24) is 0 Å². The summed E-state index contributed by atoms with van der Waals surface area (Å²) in [6.07, 6.45) is 0. The van der Waals surface area contributed by atoms with Crippen LogP contribution in [0.2, 0.25) is 0 Å². The molecule has 0 amide bonds. The molecule has 0 N–H and O–H groups in total. The van der Waals surface area contributed by atoms with E-state index < -0.39 is 0 Å². The second-order valence-electron chi connectivity index (χ2n) is 2.23. The van der Waals surface area contributed by atoms with E-state index in [-0.39, 0.29) is 0 Å². The molecular formula is C7H14OS2. The summed E-state index contributed by atoms with van der Waals surface area (Å²) < 4.78 is 5.42. The lowest BCUT2D eigenvalue weighted by molar-refractivity contribution is 0.158. The Labute approximate surface area is 71.3 Å². The second-order valence-corrected chi connectivity index (χ2v) is 4.95. The highest BCUT2D eigenvalue weighted by molar-refractivity contribution is 8.06. The Morgan fingerprint density at radius 2 is 2.50 bits per heavy atom. The van der Waals surface area contributed by atoms with E-state index in [4.69, 9.17) is 4.74 Å². The standard InChI is InChI=1S/C7H14OS2/c1-2-9-4-3-8-5-7-6-10-7/h7H,2-6H2,1H3. The van der Waals surface area contributed by atoms with Gasteiger partial charge in [-0.1, -0.05) is 6.92 Å². The van der Waals surface area contributed by atoms with Gasteiger partial charge in [-0.3, -0.25) is 0 Å². The first-order valence-electron chi connectivity index (χ1n) is 3.70. The molecule has 3 heteroatoms. The predicted molar refractivity (Wildman–Crippen MR) is 50.1 cm³/mol. The van der Waals surface area contributed by atoms with E-state index in [1.807, 2.05) is 23.5 Å². The Balaban J connectivity index is 1.68. The molecule has 1 rings (SSSR count). The summed E-state index contributed by atoms with van der Waals surface area (Å²) in [4.78, 5) is 0. The van der Waals surface area contributed by atoms with E-state index in [0.29, 0.717) is 0 Å². The van der Waals surface area contributed by atoms with Crippen molar-refractivity contribution in [3.8, 4) is 0 Å². The Kier molecular flexibility index (Phi) is 4.66. The highest BCUT2D eigenvalue weighted by atomic mass is 32.2. The van der Waals surface area contributed by atoms with Gasteiger partial charge in [0.1, 0.15) is 0 Å². The van der Waals surface area contributed by atoms with Crippen molar-refractivity contribution in [1.29, 1.82) is 0 Å². The predicted octanol–water partition coefficient (Wildman–Crippen LogP) is 1.87. The number of hydrogen-bond donors (Lipinski definition) is 0. The molecule has 0 bridgehead atoms. The summed E-state index contributed by atoms with van der Waals surface area (Å²) in [5.74, 6) is 3.69. The number of rotatable bonds is 6. The smallest absolute Gasteiger partial charge is 0.0593 e. The van der Waals surface area contributed by atoms with Crippen LogP contribution in [-0.2, 0) is 4.74 Å². The van der Waals surface area contributed by atoms with Gasteiger partial charge in [-0.15, -0.1) is 0 Å². The van der Waals surface area contributed by atoms with Crippen LogP contribution in [0.1, 0.15) is 6.92 Å². The molecule has 0 radical (unpaired) electrons. The molecule has 0 aromatic heterocycles. The van der Waals surface area contributed by atoms with Crippen LogP contribution in [-0.4, -0.2) is 35.7 Å². The van der Waals surface area contributed by atoms with E-state index in [0.717, 1.165) is 24.2 Å². The molecule has 0 spiro atoms. The average molecular weight is 178 g/mol. The Morgan fingerprint density at radius 1 is 1.70 bits per heavy atom. The highest BCUT2D eigenvalue weighted by Gasteiger charge is 2.21. The maximum Gasteiger partial charge on any atom is 0.0593 e. The summed E-state index contributed by atoms with van der Waals surface area (Å²) in [7, 11) is 0. The van der Waals surface area contributed by atoms with Crippen molar-refractivity contribution < 1.29 is 4.74 Å². The fourth-order valence-corrected chi connectivity index (χ4v) is 1.59. The lowest BCUT2D eigenvalue weighted by Gasteiger charge is -1.99. The molecule has 1 saturated heterocycles. The largest absolute Gasteiger partial charge is 0.379 e. The topological polar surface area (TPSA) is 9.23 Å². The molecule has 1 nitrogen and oxygen atoms in total. The van der Waals surface area contributed by atoms with Crippen molar-refractivity contribution >= 4 is 23.5 Å². The Bertz CT molecular complexity index is 83.7. The molecule has 1 heterocycles. The Hall–Kier alpha value is 0.660. The molecule has 0 aromatic rings. The second kappa shape index (κ2) is 5.33. The van der Waals surface area contributed by atoms with Crippen molar-refractivity contribution in [3.63, 3.8) is 0 Å². The van der Waals surface area contributed by atoms with Crippen LogP contribution in [0.3, 0.4) is 0 Å². The van der Waals surface area contributed by atoms with Crippen molar-refractivity contribution in [3.05, 3.63) is 0 Å². The third-order valence-corrected chi connectivity index (χ3v) is 3.09. The monoisotopic (exact) mass is 178 g/mol. The lowest BCUT2D eigenvalue weighted by atomic mass is 10.5. The van der Waals surface area contributed by atoms with Crippen molar-refractivity contribution in [2.75, 3.05) is 30.5 Å². The molecule has 0 aliphatic carbocycles. The third-order valence-electron chi connectivity index (χ3n) is 1.28. The van der Waals surface area contributed by atoms with Crippen molar-refractivity contribution in [2.24, 2.45) is 0 Å². The van der Waals surface area contributed by atoms with Gasteiger partial charge in [0.2, 0.25) is 0 Å². The van der Waals surface area contributed by atoms with Crippen LogP contribution in [0, 0.1) is 0 Å². The fourth-order valence-electron chi connectivity index (χ4n) is 0.641. The van der Waals surface area contributed by atoms with E-state index in [2.05, 4.69) is 6.92 Å². The molecule has 1 aliphatic rings. The number of thioether (sulfide) groups is 2. The van der Waals surface area contributed by atoms with Gasteiger partial charge in [-0.2, -0.15) is 23.5 Å². The fraction of sp³-hybridized carbons (Fsp3) is 1.00. The van der Waals surface area contributed by atoms with E-state index in [1.165, 1.54) is 11.5 Å². The zero-order chi connectivity index (χ0) is 7.23. The van der Waals surface area contributed by atoms with Gasteiger partial charge in [0, 0.05) is 16.8 Å². The summed E-state index contributed by atoms with van der Waals surface area (Å²) in [5, 5.41) is 0.839. The van der Waals surface area contributed by atoms with Gasteiger partial charge in [0.15, 0.2) is 0 Å². The molecule has 1 unspecified atom stereocenters. The first-order valence-corrected chi connectivity index (χ1v) is 5.91. The van der Waals surface area contributed by atoms with Crippen LogP contribution < -0.4 is 0 Å². The maximum absolute atomic E-state index is 5.42. The van der Waals surface area contributed by atoms with Crippen LogP contribution in [0.15, 0.2) is 0 Å². The summed E-state index contributed by atoms with van der Waals surface area (Å²) in [6.45, 7) is 4.10.